The first kappa shape index (κ1) is 14.3. The van der Waals surface area contributed by atoms with Crippen LogP contribution >= 0.6 is 0 Å². The van der Waals surface area contributed by atoms with Gasteiger partial charge in [0, 0.05) is 6.42 Å². The van der Waals surface area contributed by atoms with Crippen LogP contribution in [0.4, 0.5) is 0 Å². The van der Waals surface area contributed by atoms with Crippen molar-refractivity contribution in [2.45, 2.75) is 44.3 Å². The van der Waals surface area contributed by atoms with Gasteiger partial charge in [-0.05, 0) is 25.7 Å². The lowest BCUT2D eigenvalue weighted by molar-refractivity contribution is -0.111. The first-order chi connectivity index (χ1) is 7.22. The maximum atomic E-state index is 9.68. The fourth-order valence-corrected chi connectivity index (χ4v) is 1.14. The molecule has 0 saturated carbocycles. The van der Waals surface area contributed by atoms with Crippen LogP contribution in [0.3, 0.4) is 0 Å². The van der Waals surface area contributed by atoms with Gasteiger partial charge in [0.15, 0.2) is 0 Å². The van der Waals surface area contributed by atoms with Crippen LogP contribution in [0.15, 0.2) is 12.2 Å². The summed E-state index contributed by atoms with van der Waals surface area (Å²) >= 11 is 0. The molecule has 0 aromatic rings. The number of hydrogen-bond donors (Lipinski definition) is 3. The summed E-state index contributed by atoms with van der Waals surface area (Å²) in [6, 6.07) is 0. The van der Waals surface area contributed by atoms with Crippen molar-refractivity contribution in [3.63, 3.8) is 0 Å². The Morgan fingerprint density at radius 1 is 1.13 bits per heavy atom. The number of hydrogen-bond acceptors (Lipinski definition) is 4. The van der Waals surface area contributed by atoms with Crippen LogP contribution < -0.4 is 0 Å². The number of aliphatic hydroxyl groups is 3. The van der Waals surface area contributed by atoms with Crippen LogP contribution in [-0.2, 0) is 4.79 Å². The number of allylic oxidation sites excluding steroid dienone is 2. The second kappa shape index (κ2) is 9.83. The molecule has 1 aliphatic carbocycles. The molecule has 0 aromatic heterocycles. The normalized spacial score (nSPS) is 18.6. The third-order valence-electron chi connectivity index (χ3n) is 2.13. The van der Waals surface area contributed by atoms with Gasteiger partial charge in [0.25, 0.3) is 0 Å². The monoisotopic (exact) mass is 216 g/mol. The summed E-state index contributed by atoms with van der Waals surface area (Å²) < 4.78 is 0. The Kier molecular flexibility index (Phi) is 9.36. The van der Waals surface area contributed by atoms with E-state index in [0.717, 1.165) is 0 Å². The van der Waals surface area contributed by atoms with Crippen LogP contribution in [0.1, 0.15) is 32.1 Å². The van der Waals surface area contributed by atoms with E-state index in [1.54, 1.807) is 0 Å². The summed E-state index contributed by atoms with van der Waals surface area (Å²) in [6.07, 6.45) is 8.02. The van der Waals surface area contributed by atoms with Crippen molar-refractivity contribution in [1.29, 1.82) is 0 Å². The predicted molar refractivity (Wildman–Crippen MR) is 57.4 cm³/mol. The first-order valence-electron chi connectivity index (χ1n) is 5.28. The Hall–Kier alpha value is -0.710. The lowest BCUT2D eigenvalue weighted by Gasteiger charge is -2.11. The molecule has 2 atom stereocenters. The molecule has 0 unspecified atom stereocenters. The molecule has 0 radical (unpaired) electrons. The minimum absolute atomic E-state index is 0.137. The topological polar surface area (TPSA) is 77.8 Å². The van der Waals surface area contributed by atoms with E-state index < -0.39 is 18.8 Å². The van der Waals surface area contributed by atoms with Gasteiger partial charge in [0.2, 0.25) is 0 Å². The second-order valence-electron chi connectivity index (χ2n) is 3.48. The highest BCUT2D eigenvalue weighted by Gasteiger charge is 2.13. The number of carbonyl (C=O) groups excluding carboxylic acids is 1. The molecule has 3 N–H and O–H groups in total. The predicted octanol–water partition coefficient (Wildman–Crippen LogP) is 0.406. The molecule has 1 aliphatic rings. The number of aliphatic hydroxyl groups excluding tert-OH is 3. The third kappa shape index (κ3) is 8.30. The van der Waals surface area contributed by atoms with E-state index >= 15 is 0 Å². The average molecular weight is 216 g/mol. The van der Waals surface area contributed by atoms with E-state index in [9.17, 15) is 4.79 Å². The molecule has 0 fully saturated rings. The highest BCUT2D eigenvalue weighted by atomic mass is 16.4. The number of rotatable bonds is 4. The van der Waals surface area contributed by atoms with Gasteiger partial charge in [0.1, 0.15) is 12.4 Å². The number of carbonyl (C=O) groups is 1. The molecule has 0 bridgehead atoms. The van der Waals surface area contributed by atoms with Crippen molar-refractivity contribution in [2.24, 2.45) is 0 Å². The van der Waals surface area contributed by atoms with Crippen molar-refractivity contribution in [3.8, 4) is 0 Å². The minimum Gasteiger partial charge on any atom is -0.394 e. The minimum atomic E-state index is -1.20. The van der Waals surface area contributed by atoms with Gasteiger partial charge in [-0.25, -0.2) is 0 Å². The molecular formula is C11H20O4. The first-order valence-corrected chi connectivity index (χ1v) is 5.28. The summed E-state index contributed by atoms with van der Waals surface area (Å²) in [4.78, 5) is 9.68. The maximum Gasteiger partial charge on any atom is 0.122 e. The lowest BCUT2D eigenvalue weighted by Crippen LogP contribution is -2.29. The summed E-state index contributed by atoms with van der Waals surface area (Å²) in [6.45, 7) is -0.519. The van der Waals surface area contributed by atoms with Crippen molar-refractivity contribution in [1.82, 2.24) is 0 Å². The quantitative estimate of drug-likeness (QED) is 0.470. The van der Waals surface area contributed by atoms with Crippen LogP contribution in [0, 0.1) is 0 Å². The van der Waals surface area contributed by atoms with Gasteiger partial charge in [0.05, 0.1) is 12.7 Å². The zero-order valence-corrected chi connectivity index (χ0v) is 8.88. The van der Waals surface area contributed by atoms with Crippen molar-refractivity contribution in [2.75, 3.05) is 6.61 Å². The van der Waals surface area contributed by atoms with Gasteiger partial charge >= 0.3 is 0 Å². The molecule has 0 heterocycles. The van der Waals surface area contributed by atoms with Gasteiger partial charge in [-0.15, -0.1) is 0 Å². The van der Waals surface area contributed by atoms with Crippen LogP contribution in [-0.4, -0.2) is 40.4 Å². The highest BCUT2D eigenvalue weighted by Crippen LogP contribution is 2.07. The third-order valence-corrected chi connectivity index (χ3v) is 2.13. The van der Waals surface area contributed by atoms with Crippen LogP contribution in [0.5, 0.6) is 0 Å². The molecule has 4 nitrogen and oxygen atoms in total. The Morgan fingerprint density at radius 2 is 1.67 bits per heavy atom. The van der Waals surface area contributed by atoms with E-state index in [1.807, 2.05) is 0 Å². The summed E-state index contributed by atoms with van der Waals surface area (Å²) in [5.74, 6) is 0. The Bertz CT molecular complexity index is 171. The van der Waals surface area contributed by atoms with Gasteiger partial charge < -0.3 is 20.1 Å². The highest BCUT2D eigenvalue weighted by molar-refractivity contribution is 5.50. The second-order valence-corrected chi connectivity index (χ2v) is 3.48. The van der Waals surface area contributed by atoms with Crippen molar-refractivity contribution in [3.05, 3.63) is 12.2 Å². The molecular weight excluding hydrogens is 196 g/mol. The average Bonchev–Trinajstić information content (AvgIpc) is 2.31. The molecule has 0 aromatic carbocycles. The smallest absolute Gasteiger partial charge is 0.122 e. The van der Waals surface area contributed by atoms with Crippen molar-refractivity contribution >= 4 is 6.29 Å². The van der Waals surface area contributed by atoms with E-state index in [-0.39, 0.29) is 6.42 Å². The van der Waals surface area contributed by atoms with E-state index in [1.165, 1.54) is 25.7 Å². The molecule has 0 spiro atoms. The van der Waals surface area contributed by atoms with Crippen molar-refractivity contribution < 1.29 is 20.1 Å². The maximum absolute atomic E-state index is 9.68. The molecule has 0 amide bonds. The molecule has 0 saturated heterocycles. The summed E-state index contributed by atoms with van der Waals surface area (Å²) in [5, 5.41) is 25.5. The SMILES string of the molecule is C1=CCCCC1.O=CC[C@H](O)[C@H](O)CO. The molecule has 1 rings (SSSR count). The fraction of sp³-hybridized carbons (Fsp3) is 0.727. The van der Waals surface area contributed by atoms with E-state index in [2.05, 4.69) is 12.2 Å². The molecule has 4 heteroatoms. The number of aldehydes is 1. The van der Waals surface area contributed by atoms with E-state index in [4.69, 9.17) is 15.3 Å². The largest absolute Gasteiger partial charge is 0.394 e. The lowest BCUT2D eigenvalue weighted by atomic mass is 10.1. The Morgan fingerprint density at radius 3 is 1.93 bits per heavy atom. The van der Waals surface area contributed by atoms with E-state index in [0.29, 0.717) is 6.29 Å². The summed E-state index contributed by atoms with van der Waals surface area (Å²) in [5.41, 5.74) is 0. The molecule has 88 valence electrons. The zero-order valence-electron chi connectivity index (χ0n) is 8.88. The van der Waals surface area contributed by atoms with Crippen LogP contribution in [0.25, 0.3) is 0 Å². The Labute approximate surface area is 90.2 Å². The van der Waals surface area contributed by atoms with Gasteiger partial charge in [-0.1, -0.05) is 12.2 Å². The zero-order chi connectivity index (χ0) is 11.5. The van der Waals surface area contributed by atoms with Crippen LogP contribution in [0.2, 0.25) is 0 Å². The molecule has 15 heavy (non-hydrogen) atoms. The van der Waals surface area contributed by atoms with Gasteiger partial charge in [-0.2, -0.15) is 0 Å². The Balaban J connectivity index is 0.000000280. The summed E-state index contributed by atoms with van der Waals surface area (Å²) in [7, 11) is 0. The fourth-order valence-electron chi connectivity index (χ4n) is 1.14. The van der Waals surface area contributed by atoms with Gasteiger partial charge in [-0.3, -0.25) is 0 Å². The molecule has 0 aliphatic heterocycles. The standard InChI is InChI=1S/C6H10.C5H10O4/c1-2-4-6-5-3-1;6-2-1-4(8)5(9)3-7/h1-2H,3-6H2;2,4-5,7-9H,1,3H2/t;4-,5+/m.0/s1.